The van der Waals surface area contributed by atoms with Crippen LogP contribution in [0.5, 0.6) is 23.0 Å². The van der Waals surface area contributed by atoms with Gasteiger partial charge in [0.1, 0.15) is 29.6 Å². The molecule has 0 bridgehead atoms. The minimum absolute atomic E-state index is 0.153. The van der Waals surface area contributed by atoms with E-state index in [-0.39, 0.29) is 36.7 Å². The van der Waals surface area contributed by atoms with Crippen molar-refractivity contribution in [1.29, 1.82) is 0 Å². The largest absolute Gasteiger partial charge is 0.508 e. The highest BCUT2D eigenvalue weighted by molar-refractivity contribution is 6.53. The molecule has 2 heterocycles. The van der Waals surface area contributed by atoms with Crippen molar-refractivity contribution in [3.05, 3.63) is 125 Å². The van der Waals surface area contributed by atoms with Crippen LogP contribution in [-0.2, 0) is 25.8 Å². The number of benzene rings is 4. The predicted molar refractivity (Wildman–Crippen MR) is 212 cm³/mol. The summed E-state index contributed by atoms with van der Waals surface area (Å²) in [6.45, 7) is 0.256. The highest BCUT2D eigenvalue weighted by Gasteiger charge is 2.76. The van der Waals surface area contributed by atoms with Crippen molar-refractivity contribution in [3.8, 4) is 23.0 Å². The Labute approximate surface area is 333 Å². The number of nitrogens with zero attached hydrogens (tertiary/aromatic N) is 2. The van der Waals surface area contributed by atoms with Gasteiger partial charge in [0, 0.05) is 30.2 Å². The lowest BCUT2D eigenvalue weighted by Crippen LogP contribution is -2.60. The van der Waals surface area contributed by atoms with Gasteiger partial charge in [-0.25, -0.2) is 0 Å². The number of phenolic OH excluding ortho intramolecular Hbond substituents is 1. The molecule has 12 heteroatoms. The number of carbonyl (C=O) groups excluding carboxylic acids is 4. The molecule has 56 heavy (non-hydrogen) atoms. The maximum Gasteiger partial charge on any atom is 0.253 e. The second kappa shape index (κ2) is 14.2. The van der Waals surface area contributed by atoms with E-state index in [1.54, 1.807) is 38.5 Å². The van der Waals surface area contributed by atoms with Crippen molar-refractivity contribution >= 4 is 64.7 Å². The Morgan fingerprint density at radius 2 is 1.55 bits per heavy atom. The molecule has 1 N–H and O–H groups in total. The smallest absolute Gasteiger partial charge is 0.253 e. The van der Waals surface area contributed by atoms with Gasteiger partial charge in [-0.15, -0.1) is 23.2 Å². The summed E-state index contributed by atoms with van der Waals surface area (Å²) in [4.78, 5) is 54.6. The second-order valence-corrected chi connectivity index (χ2v) is 15.8. The van der Waals surface area contributed by atoms with Gasteiger partial charge in [0.25, 0.3) is 11.8 Å². The van der Waals surface area contributed by atoms with Crippen LogP contribution in [0.2, 0.25) is 0 Å². The van der Waals surface area contributed by atoms with Crippen LogP contribution in [0.1, 0.15) is 41.0 Å². The first kappa shape index (κ1) is 37.3. The van der Waals surface area contributed by atoms with E-state index in [4.69, 9.17) is 37.4 Å². The number of hydrogen-bond donors (Lipinski definition) is 1. The van der Waals surface area contributed by atoms with E-state index < -0.39 is 51.1 Å². The van der Waals surface area contributed by atoms with Crippen LogP contribution in [0, 0.1) is 17.8 Å². The van der Waals surface area contributed by atoms with E-state index in [2.05, 4.69) is 0 Å². The molecule has 0 radical (unpaired) electrons. The van der Waals surface area contributed by atoms with Crippen LogP contribution in [-0.4, -0.2) is 64.7 Å². The molecule has 8 rings (SSSR count). The number of alkyl halides is 2. The van der Waals surface area contributed by atoms with E-state index in [9.17, 15) is 24.3 Å². The van der Waals surface area contributed by atoms with Crippen molar-refractivity contribution in [2.45, 2.75) is 35.1 Å². The maximum atomic E-state index is 14.5. The third kappa shape index (κ3) is 5.77. The summed E-state index contributed by atoms with van der Waals surface area (Å²) in [5, 5.41) is 11.6. The summed E-state index contributed by atoms with van der Waals surface area (Å²) in [5.74, 6) is -4.13. The molecule has 0 aromatic heterocycles. The Hall–Kier alpha value is -5.58. The number of phenols is 1. The Morgan fingerprint density at radius 3 is 2.25 bits per heavy atom. The molecular weight excluding hydrogens is 755 g/mol. The quantitative estimate of drug-likeness (QED) is 0.0809. The van der Waals surface area contributed by atoms with E-state index in [1.807, 2.05) is 78.9 Å². The van der Waals surface area contributed by atoms with Gasteiger partial charge in [0.05, 0.1) is 31.7 Å². The summed E-state index contributed by atoms with van der Waals surface area (Å²) in [6.07, 6.45) is 5.65. The number of methoxy groups -OCH3 is 2. The molecule has 4 aromatic rings. The van der Waals surface area contributed by atoms with Crippen molar-refractivity contribution in [1.82, 2.24) is 4.90 Å². The van der Waals surface area contributed by atoms with Crippen LogP contribution in [0.25, 0.3) is 12.2 Å². The third-order valence-corrected chi connectivity index (χ3v) is 13.0. The number of anilines is 1. The monoisotopic (exact) mass is 792 g/mol. The molecule has 10 nitrogen and oxygen atoms in total. The van der Waals surface area contributed by atoms with Gasteiger partial charge in [-0.2, -0.15) is 0 Å². The second-order valence-electron chi connectivity index (χ2n) is 14.5. The number of hydrogen-bond acceptors (Lipinski definition) is 8. The van der Waals surface area contributed by atoms with Gasteiger partial charge in [-0.05, 0) is 66.3 Å². The van der Waals surface area contributed by atoms with Crippen LogP contribution >= 0.6 is 23.2 Å². The number of ether oxygens (including phenoxy) is 3. The number of amides is 4. The summed E-state index contributed by atoms with van der Waals surface area (Å²) in [7, 11) is 4.51. The standard InChI is InChI=1S/C44H38Cl2N2O8/c1-47-41(52)43(45)23-34-31(38(44(43,46)42(47)53)32-17-15-30(22-35(32)49)56-24-26-7-5-4-6-8-26)18-19-33-37(34)40(51)48(39(33)50)28-13-10-25(11-14-28)9-12-27-21-29(54-2)16-20-36(27)55-3/h4-18,20-22,33-34,37-38,49H,19,23-24H2,1-3H3. The summed E-state index contributed by atoms with van der Waals surface area (Å²) in [5.41, 5.74) is 3.81. The van der Waals surface area contributed by atoms with Gasteiger partial charge >= 0.3 is 0 Å². The van der Waals surface area contributed by atoms with Crippen molar-refractivity contribution in [2.24, 2.45) is 17.8 Å². The molecule has 2 saturated heterocycles. The van der Waals surface area contributed by atoms with Crippen LogP contribution in [0.3, 0.4) is 0 Å². The molecule has 2 aliphatic heterocycles. The summed E-state index contributed by atoms with van der Waals surface area (Å²) in [6, 6.07) is 26.8. The van der Waals surface area contributed by atoms with Crippen LogP contribution in [0.4, 0.5) is 5.69 Å². The zero-order valence-corrected chi connectivity index (χ0v) is 32.3. The van der Waals surface area contributed by atoms with Crippen LogP contribution < -0.4 is 19.1 Å². The average Bonchev–Trinajstić information content (AvgIpc) is 3.54. The zero-order valence-electron chi connectivity index (χ0n) is 30.8. The number of rotatable bonds is 9. The lowest BCUT2D eigenvalue weighted by atomic mass is 9.56. The number of likely N-dealkylation sites (tertiary alicyclic amines) is 1. The maximum absolute atomic E-state index is 14.5. The Morgan fingerprint density at radius 1 is 0.821 bits per heavy atom. The van der Waals surface area contributed by atoms with Gasteiger partial charge < -0.3 is 19.3 Å². The number of carbonyl (C=O) groups is 4. The molecule has 4 aliphatic rings. The Kier molecular flexibility index (Phi) is 9.45. The first-order valence-electron chi connectivity index (χ1n) is 18.2. The topological polar surface area (TPSA) is 123 Å². The summed E-state index contributed by atoms with van der Waals surface area (Å²) < 4.78 is 16.8. The highest BCUT2D eigenvalue weighted by Crippen LogP contribution is 2.66. The van der Waals surface area contributed by atoms with Gasteiger partial charge in [-0.1, -0.05) is 72.3 Å². The normalized spacial score (nSPS) is 26.9. The number of aromatic hydroxyl groups is 1. The van der Waals surface area contributed by atoms with Gasteiger partial charge in [0.15, 0.2) is 9.75 Å². The molecule has 2 aliphatic carbocycles. The van der Waals surface area contributed by atoms with Crippen molar-refractivity contribution in [2.75, 3.05) is 26.2 Å². The molecule has 6 atom stereocenters. The fourth-order valence-corrected chi connectivity index (χ4v) is 9.84. The molecule has 4 aromatic carbocycles. The molecule has 286 valence electrons. The minimum atomic E-state index is -2.02. The minimum Gasteiger partial charge on any atom is -0.508 e. The number of allylic oxidation sites excluding steroid dienone is 2. The average molecular weight is 794 g/mol. The van der Waals surface area contributed by atoms with Crippen LogP contribution in [0.15, 0.2) is 103 Å². The molecule has 6 unspecified atom stereocenters. The van der Waals surface area contributed by atoms with E-state index >= 15 is 0 Å². The molecule has 0 spiro atoms. The van der Waals surface area contributed by atoms with E-state index in [0.717, 1.165) is 21.6 Å². The van der Waals surface area contributed by atoms with Crippen molar-refractivity contribution < 1.29 is 38.5 Å². The number of halogens is 2. The van der Waals surface area contributed by atoms with Gasteiger partial charge in [-0.3, -0.25) is 29.0 Å². The third-order valence-electron chi connectivity index (χ3n) is 11.6. The molecular formula is C44H38Cl2N2O8. The SMILES string of the molecule is COc1ccc(OC)c(C=Cc2ccc(N3C(=O)C4CC=C5C(CC6(Cl)C(=O)N(C)C(=O)C6(Cl)C5c5ccc(OCc6ccccc6)cc5O)C4C3=O)cc2)c1. The fraction of sp³-hybridized carbons (Fsp3) is 0.273. The molecule has 1 saturated carbocycles. The Bertz CT molecular complexity index is 2330. The summed E-state index contributed by atoms with van der Waals surface area (Å²) >= 11 is 14.6. The predicted octanol–water partition coefficient (Wildman–Crippen LogP) is 7.35. The van der Waals surface area contributed by atoms with Crippen molar-refractivity contribution in [3.63, 3.8) is 0 Å². The molecule has 3 fully saturated rings. The first-order valence-corrected chi connectivity index (χ1v) is 18.9. The van der Waals surface area contributed by atoms with E-state index in [1.165, 1.54) is 18.0 Å². The van der Waals surface area contributed by atoms with E-state index in [0.29, 0.717) is 28.5 Å². The highest BCUT2D eigenvalue weighted by atomic mass is 35.5. The number of fused-ring (bicyclic) bond motifs is 4. The van der Waals surface area contributed by atoms with Gasteiger partial charge in [0.2, 0.25) is 11.8 Å². The number of imide groups is 2. The first-order chi connectivity index (χ1) is 26.9. The zero-order chi connectivity index (χ0) is 39.5. The molecule has 4 amide bonds. The fourth-order valence-electron chi connectivity index (χ4n) is 8.83. The lowest BCUT2D eigenvalue weighted by Gasteiger charge is -2.50. The lowest BCUT2D eigenvalue weighted by molar-refractivity contribution is -0.138. The Balaban J connectivity index is 1.11.